The van der Waals surface area contributed by atoms with Gasteiger partial charge in [0.2, 0.25) is 0 Å². The van der Waals surface area contributed by atoms with Gasteiger partial charge in [-0.1, -0.05) is 24.3 Å². The van der Waals surface area contributed by atoms with Crippen molar-refractivity contribution in [2.75, 3.05) is 18.6 Å². The van der Waals surface area contributed by atoms with Gasteiger partial charge in [0.25, 0.3) is 0 Å². The molecule has 1 atom stereocenters. The lowest BCUT2D eigenvalue weighted by molar-refractivity contribution is 0.0526. The van der Waals surface area contributed by atoms with Crippen molar-refractivity contribution in [3.8, 4) is 0 Å². The minimum atomic E-state index is -0.324. The van der Waals surface area contributed by atoms with Crippen molar-refractivity contribution < 1.29 is 9.53 Å². The van der Waals surface area contributed by atoms with Crippen molar-refractivity contribution in [1.29, 1.82) is 0 Å². The number of hydrogen-bond acceptors (Lipinski definition) is 4. The van der Waals surface area contributed by atoms with Crippen LogP contribution in [0.15, 0.2) is 42.6 Å². The van der Waals surface area contributed by atoms with Gasteiger partial charge in [0.05, 0.1) is 18.2 Å². The summed E-state index contributed by atoms with van der Waals surface area (Å²) in [6, 6.07) is 12.6. The third kappa shape index (κ3) is 2.69. The molecule has 0 spiro atoms. The minimum absolute atomic E-state index is 0.324. The van der Waals surface area contributed by atoms with Gasteiger partial charge in [-0.3, -0.25) is 0 Å². The first-order valence-corrected chi connectivity index (χ1v) is 7.64. The maximum atomic E-state index is 11.7. The molecule has 0 fully saturated rings. The first kappa shape index (κ1) is 14.6. The number of ether oxygens (including phenoxy) is 1. The summed E-state index contributed by atoms with van der Waals surface area (Å²) in [4.78, 5) is 18.3. The lowest BCUT2D eigenvalue weighted by atomic mass is 10.1. The van der Waals surface area contributed by atoms with Gasteiger partial charge in [0, 0.05) is 13.2 Å². The third-order valence-corrected chi connectivity index (χ3v) is 4.19. The van der Waals surface area contributed by atoms with Crippen molar-refractivity contribution in [3.05, 3.63) is 59.3 Å². The molecule has 1 aromatic carbocycles. The number of nitrogens with zero attached hydrogens (tertiary/aromatic N) is 2. The summed E-state index contributed by atoms with van der Waals surface area (Å²) in [7, 11) is 2.05. The zero-order chi connectivity index (χ0) is 15.5. The van der Waals surface area contributed by atoms with Crippen molar-refractivity contribution in [1.82, 2.24) is 4.98 Å². The van der Waals surface area contributed by atoms with E-state index in [9.17, 15) is 4.79 Å². The van der Waals surface area contributed by atoms with Crippen molar-refractivity contribution in [2.24, 2.45) is 0 Å². The molecule has 1 aliphatic carbocycles. The molecule has 22 heavy (non-hydrogen) atoms. The molecule has 0 bridgehead atoms. The van der Waals surface area contributed by atoms with E-state index in [-0.39, 0.29) is 5.97 Å². The SMILES string of the molecule is CCOC(=O)c1ccc(N(C)[C@H]2CCc3ccccc32)nc1. The first-order valence-electron chi connectivity index (χ1n) is 7.64. The third-order valence-electron chi connectivity index (χ3n) is 4.19. The van der Waals surface area contributed by atoms with Crippen LogP contribution in [0.1, 0.15) is 40.9 Å². The average Bonchev–Trinajstić information content (AvgIpc) is 2.98. The molecule has 0 amide bonds. The number of benzene rings is 1. The fraction of sp³-hybridized carbons (Fsp3) is 0.333. The lowest BCUT2D eigenvalue weighted by Crippen LogP contribution is -2.23. The summed E-state index contributed by atoms with van der Waals surface area (Å²) in [5, 5.41) is 0. The van der Waals surface area contributed by atoms with Gasteiger partial charge >= 0.3 is 5.97 Å². The van der Waals surface area contributed by atoms with Gasteiger partial charge in [0.15, 0.2) is 0 Å². The number of rotatable bonds is 4. The molecular weight excluding hydrogens is 276 g/mol. The number of hydrogen-bond donors (Lipinski definition) is 0. The van der Waals surface area contributed by atoms with E-state index in [1.807, 2.05) is 6.07 Å². The Morgan fingerprint density at radius 1 is 1.32 bits per heavy atom. The summed E-state index contributed by atoms with van der Waals surface area (Å²) in [6.45, 7) is 2.17. The predicted octanol–water partition coefficient (Wildman–Crippen LogP) is 3.38. The second kappa shape index (κ2) is 6.18. The van der Waals surface area contributed by atoms with Crippen LogP contribution in [0.25, 0.3) is 0 Å². The maximum absolute atomic E-state index is 11.7. The van der Waals surface area contributed by atoms with Gasteiger partial charge < -0.3 is 9.64 Å². The van der Waals surface area contributed by atoms with Gasteiger partial charge in [-0.2, -0.15) is 0 Å². The van der Waals surface area contributed by atoms with Crippen LogP contribution in [0.4, 0.5) is 5.82 Å². The van der Waals surface area contributed by atoms with Gasteiger partial charge in [-0.15, -0.1) is 0 Å². The van der Waals surface area contributed by atoms with Crippen molar-refractivity contribution in [2.45, 2.75) is 25.8 Å². The van der Waals surface area contributed by atoms with Crippen LogP contribution < -0.4 is 4.90 Å². The van der Waals surface area contributed by atoms with Crippen LogP contribution in [0.3, 0.4) is 0 Å². The van der Waals surface area contributed by atoms with E-state index in [0.29, 0.717) is 18.2 Å². The smallest absolute Gasteiger partial charge is 0.339 e. The molecule has 1 aromatic heterocycles. The minimum Gasteiger partial charge on any atom is -0.462 e. The number of carbonyl (C=O) groups excluding carboxylic acids is 1. The predicted molar refractivity (Wildman–Crippen MR) is 86.1 cm³/mol. The van der Waals surface area contributed by atoms with Crippen LogP contribution >= 0.6 is 0 Å². The Kier molecular flexibility index (Phi) is 4.09. The van der Waals surface area contributed by atoms with E-state index in [1.165, 1.54) is 11.1 Å². The van der Waals surface area contributed by atoms with E-state index in [0.717, 1.165) is 18.7 Å². The van der Waals surface area contributed by atoms with Gasteiger partial charge in [0.1, 0.15) is 5.82 Å². The van der Waals surface area contributed by atoms with Gasteiger partial charge in [-0.05, 0) is 43.0 Å². The molecule has 4 nitrogen and oxygen atoms in total. The van der Waals surface area contributed by atoms with Crippen LogP contribution in [-0.4, -0.2) is 24.6 Å². The Labute approximate surface area is 130 Å². The molecule has 3 rings (SSSR count). The topological polar surface area (TPSA) is 42.4 Å². The average molecular weight is 296 g/mol. The number of esters is 1. The highest BCUT2D eigenvalue weighted by molar-refractivity contribution is 5.89. The van der Waals surface area contributed by atoms with E-state index in [4.69, 9.17) is 4.74 Å². The standard InChI is InChI=1S/C18H20N2O2/c1-3-22-18(21)14-9-11-17(19-12-14)20(2)16-10-8-13-6-4-5-7-15(13)16/h4-7,9,11-12,16H,3,8,10H2,1-2H3/t16-/m0/s1. The summed E-state index contributed by atoms with van der Waals surface area (Å²) in [5.41, 5.74) is 3.29. The Morgan fingerprint density at radius 3 is 2.86 bits per heavy atom. The highest BCUT2D eigenvalue weighted by atomic mass is 16.5. The molecule has 1 aliphatic rings. The van der Waals surface area contributed by atoms with E-state index >= 15 is 0 Å². The van der Waals surface area contributed by atoms with Gasteiger partial charge in [-0.25, -0.2) is 9.78 Å². The highest BCUT2D eigenvalue weighted by Gasteiger charge is 2.26. The molecule has 2 aromatic rings. The van der Waals surface area contributed by atoms with Crippen molar-refractivity contribution in [3.63, 3.8) is 0 Å². The molecule has 4 heteroatoms. The summed E-state index contributed by atoms with van der Waals surface area (Å²) < 4.78 is 4.98. The molecule has 0 unspecified atom stereocenters. The van der Waals surface area contributed by atoms with Crippen LogP contribution in [0, 0.1) is 0 Å². The molecular formula is C18H20N2O2. The number of aromatic nitrogens is 1. The Balaban J connectivity index is 1.79. The van der Waals surface area contributed by atoms with Crippen molar-refractivity contribution >= 4 is 11.8 Å². The summed E-state index contributed by atoms with van der Waals surface area (Å²) >= 11 is 0. The lowest BCUT2D eigenvalue weighted by Gasteiger charge is -2.26. The number of fused-ring (bicyclic) bond motifs is 1. The summed E-state index contributed by atoms with van der Waals surface area (Å²) in [6.07, 6.45) is 3.79. The number of pyridine rings is 1. The normalized spacial score (nSPS) is 16.2. The zero-order valence-corrected chi connectivity index (χ0v) is 13.0. The molecule has 114 valence electrons. The second-order valence-electron chi connectivity index (χ2n) is 5.49. The Hall–Kier alpha value is -2.36. The largest absolute Gasteiger partial charge is 0.462 e. The Morgan fingerprint density at radius 2 is 2.14 bits per heavy atom. The monoisotopic (exact) mass is 296 g/mol. The molecule has 0 radical (unpaired) electrons. The highest BCUT2D eigenvalue weighted by Crippen LogP contribution is 2.36. The van der Waals surface area contributed by atoms with Crippen LogP contribution in [0.5, 0.6) is 0 Å². The number of aryl methyl sites for hydroxylation is 1. The van der Waals surface area contributed by atoms with E-state index < -0.39 is 0 Å². The van der Waals surface area contributed by atoms with Crippen LogP contribution in [0.2, 0.25) is 0 Å². The van der Waals surface area contributed by atoms with Crippen LogP contribution in [-0.2, 0) is 11.2 Å². The molecule has 1 heterocycles. The molecule has 0 saturated carbocycles. The Bertz CT molecular complexity index is 667. The second-order valence-corrected chi connectivity index (χ2v) is 5.49. The number of carbonyl (C=O) groups is 1. The quantitative estimate of drug-likeness (QED) is 0.811. The fourth-order valence-electron chi connectivity index (χ4n) is 3.03. The fourth-order valence-corrected chi connectivity index (χ4v) is 3.03. The number of anilines is 1. The zero-order valence-electron chi connectivity index (χ0n) is 13.0. The van der Waals surface area contributed by atoms with E-state index in [1.54, 1.807) is 19.2 Å². The molecule has 0 aliphatic heterocycles. The first-order chi connectivity index (χ1) is 10.7. The van der Waals surface area contributed by atoms with E-state index in [2.05, 4.69) is 41.2 Å². The molecule has 0 N–H and O–H groups in total. The molecule has 0 saturated heterocycles. The maximum Gasteiger partial charge on any atom is 0.339 e. The summed E-state index contributed by atoms with van der Waals surface area (Å²) in [5.74, 6) is 0.546.